The van der Waals surface area contributed by atoms with Crippen molar-refractivity contribution in [2.45, 2.75) is 18.3 Å². The van der Waals surface area contributed by atoms with Crippen molar-refractivity contribution in [2.75, 3.05) is 6.54 Å². The molecule has 0 fully saturated rings. The fourth-order valence-electron chi connectivity index (χ4n) is 1.40. The van der Waals surface area contributed by atoms with Crippen molar-refractivity contribution in [3.05, 3.63) is 35.9 Å². The molecule has 1 amide bonds. The molecule has 0 radical (unpaired) electrons. The number of primary amides is 1. The summed E-state index contributed by atoms with van der Waals surface area (Å²) in [6.07, 6.45) is -6.18. The quantitative estimate of drug-likeness (QED) is 0.732. The number of halogens is 3. The molecule has 2 atom stereocenters. The Kier molecular flexibility index (Phi) is 4.69. The maximum atomic E-state index is 12.8. The first-order chi connectivity index (χ1) is 8.32. The summed E-state index contributed by atoms with van der Waals surface area (Å²) in [5.41, 5.74) is 4.76. The van der Waals surface area contributed by atoms with E-state index in [2.05, 4.69) is 5.32 Å². The SMILES string of the molecule is NC(=O)C(O)CNC(c1ccccc1)C(F)(F)F. The third-order valence-electron chi connectivity index (χ3n) is 2.30. The van der Waals surface area contributed by atoms with Gasteiger partial charge >= 0.3 is 6.18 Å². The van der Waals surface area contributed by atoms with Crippen LogP contribution in [0.25, 0.3) is 0 Å². The van der Waals surface area contributed by atoms with Gasteiger partial charge in [0, 0.05) is 6.54 Å². The van der Waals surface area contributed by atoms with Crippen LogP contribution in [0.5, 0.6) is 0 Å². The normalized spacial score (nSPS) is 15.1. The monoisotopic (exact) mass is 262 g/mol. The Morgan fingerprint density at radius 1 is 1.33 bits per heavy atom. The number of carbonyl (C=O) groups excluding carboxylic acids is 1. The first-order valence-electron chi connectivity index (χ1n) is 5.15. The highest BCUT2D eigenvalue weighted by Crippen LogP contribution is 2.32. The molecule has 0 saturated carbocycles. The zero-order valence-electron chi connectivity index (χ0n) is 9.32. The third-order valence-corrected chi connectivity index (χ3v) is 2.30. The second-order valence-electron chi connectivity index (χ2n) is 3.71. The lowest BCUT2D eigenvalue weighted by Crippen LogP contribution is -2.42. The minimum absolute atomic E-state index is 0.00155. The molecular weight excluding hydrogens is 249 g/mol. The van der Waals surface area contributed by atoms with Crippen LogP contribution in [0.2, 0.25) is 0 Å². The number of carbonyl (C=O) groups is 1. The van der Waals surface area contributed by atoms with Gasteiger partial charge in [-0.3, -0.25) is 10.1 Å². The Balaban J connectivity index is 2.79. The van der Waals surface area contributed by atoms with Gasteiger partial charge in [0.15, 0.2) is 0 Å². The van der Waals surface area contributed by atoms with E-state index in [9.17, 15) is 18.0 Å². The Bertz CT molecular complexity index is 395. The fraction of sp³-hybridized carbons (Fsp3) is 0.364. The summed E-state index contributed by atoms with van der Waals surface area (Å²) in [7, 11) is 0. The van der Waals surface area contributed by atoms with E-state index >= 15 is 0 Å². The van der Waals surface area contributed by atoms with Crippen LogP contribution in [-0.4, -0.2) is 29.8 Å². The van der Waals surface area contributed by atoms with E-state index in [0.717, 1.165) is 0 Å². The number of nitrogens with two attached hydrogens (primary N) is 1. The lowest BCUT2D eigenvalue weighted by molar-refractivity contribution is -0.159. The van der Waals surface area contributed by atoms with Crippen LogP contribution in [0.3, 0.4) is 0 Å². The van der Waals surface area contributed by atoms with E-state index in [1.165, 1.54) is 24.3 Å². The molecule has 1 aromatic carbocycles. The van der Waals surface area contributed by atoms with Gasteiger partial charge in [0.1, 0.15) is 12.1 Å². The number of benzene rings is 1. The number of hydrogen-bond donors (Lipinski definition) is 3. The molecule has 4 N–H and O–H groups in total. The summed E-state index contributed by atoms with van der Waals surface area (Å²) in [6, 6.07) is 5.20. The standard InChI is InChI=1S/C11H13F3N2O2/c12-11(13,14)9(7-4-2-1-3-5-7)16-6-8(17)10(15)18/h1-5,8-9,16-17H,6H2,(H2,15,18). The molecule has 0 bridgehead atoms. The van der Waals surface area contributed by atoms with Gasteiger partial charge in [-0.15, -0.1) is 0 Å². The van der Waals surface area contributed by atoms with E-state index in [1.54, 1.807) is 6.07 Å². The predicted octanol–water partition coefficient (Wildman–Crippen LogP) is 0.726. The number of amides is 1. The highest BCUT2D eigenvalue weighted by Gasteiger charge is 2.40. The molecule has 0 spiro atoms. The topological polar surface area (TPSA) is 75.4 Å². The van der Waals surface area contributed by atoms with Crippen molar-refractivity contribution >= 4 is 5.91 Å². The smallest absolute Gasteiger partial charge is 0.382 e. The van der Waals surface area contributed by atoms with Gasteiger partial charge in [0.05, 0.1) is 0 Å². The number of hydrogen-bond acceptors (Lipinski definition) is 3. The zero-order chi connectivity index (χ0) is 13.8. The summed E-state index contributed by atoms with van der Waals surface area (Å²) in [4.78, 5) is 10.5. The van der Waals surface area contributed by atoms with Crippen LogP contribution >= 0.6 is 0 Å². The minimum atomic E-state index is -4.53. The average molecular weight is 262 g/mol. The van der Waals surface area contributed by atoms with Crippen LogP contribution in [0, 0.1) is 0 Å². The highest BCUT2D eigenvalue weighted by molar-refractivity contribution is 5.78. The summed E-state index contributed by atoms with van der Waals surface area (Å²) < 4.78 is 38.4. The lowest BCUT2D eigenvalue weighted by Gasteiger charge is -2.22. The molecule has 0 heterocycles. The number of alkyl halides is 3. The largest absolute Gasteiger partial charge is 0.407 e. The van der Waals surface area contributed by atoms with Crippen molar-refractivity contribution < 1.29 is 23.1 Å². The van der Waals surface area contributed by atoms with Crippen LogP contribution in [0.4, 0.5) is 13.2 Å². The molecule has 4 nitrogen and oxygen atoms in total. The minimum Gasteiger partial charge on any atom is -0.382 e. The van der Waals surface area contributed by atoms with Gasteiger partial charge in [-0.2, -0.15) is 13.2 Å². The van der Waals surface area contributed by atoms with Crippen molar-refractivity contribution in [3.8, 4) is 0 Å². The van der Waals surface area contributed by atoms with E-state index in [4.69, 9.17) is 10.8 Å². The lowest BCUT2D eigenvalue weighted by atomic mass is 10.1. The molecule has 0 aliphatic heterocycles. The van der Waals surface area contributed by atoms with Crippen molar-refractivity contribution in [2.24, 2.45) is 5.73 Å². The Morgan fingerprint density at radius 2 is 1.89 bits per heavy atom. The average Bonchev–Trinajstić information content (AvgIpc) is 2.28. The number of aliphatic hydroxyl groups excluding tert-OH is 1. The molecule has 18 heavy (non-hydrogen) atoms. The molecule has 7 heteroatoms. The molecule has 0 aliphatic rings. The maximum absolute atomic E-state index is 12.8. The van der Waals surface area contributed by atoms with Gasteiger partial charge in [-0.1, -0.05) is 30.3 Å². The molecule has 0 saturated heterocycles. The van der Waals surface area contributed by atoms with Crippen molar-refractivity contribution in [1.29, 1.82) is 0 Å². The highest BCUT2D eigenvalue weighted by atomic mass is 19.4. The molecule has 0 aromatic heterocycles. The zero-order valence-corrected chi connectivity index (χ0v) is 9.32. The summed E-state index contributed by atoms with van der Waals surface area (Å²) >= 11 is 0. The van der Waals surface area contributed by atoms with Crippen LogP contribution in [-0.2, 0) is 4.79 Å². The Morgan fingerprint density at radius 3 is 2.33 bits per heavy atom. The van der Waals surface area contributed by atoms with Gasteiger partial charge in [0.25, 0.3) is 0 Å². The van der Waals surface area contributed by atoms with Crippen molar-refractivity contribution in [3.63, 3.8) is 0 Å². The molecule has 1 rings (SSSR count). The van der Waals surface area contributed by atoms with Gasteiger partial charge in [-0.25, -0.2) is 0 Å². The Hall–Kier alpha value is -1.60. The van der Waals surface area contributed by atoms with Crippen molar-refractivity contribution in [1.82, 2.24) is 5.32 Å². The van der Waals surface area contributed by atoms with Gasteiger partial charge < -0.3 is 10.8 Å². The van der Waals surface area contributed by atoms with E-state index in [1.807, 2.05) is 0 Å². The molecule has 0 aliphatic carbocycles. The summed E-state index contributed by atoms with van der Waals surface area (Å²) in [6.45, 7) is -0.561. The van der Waals surface area contributed by atoms with Crippen LogP contribution < -0.4 is 11.1 Å². The molecule has 1 aromatic rings. The van der Waals surface area contributed by atoms with Gasteiger partial charge in [-0.05, 0) is 5.56 Å². The maximum Gasteiger partial charge on any atom is 0.407 e. The fourth-order valence-corrected chi connectivity index (χ4v) is 1.40. The summed E-state index contributed by atoms with van der Waals surface area (Å²) in [5.74, 6) is -1.07. The molecule has 100 valence electrons. The van der Waals surface area contributed by atoms with E-state index < -0.39 is 30.8 Å². The second-order valence-corrected chi connectivity index (χ2v) is 3.71. The first kappa shape index (κ1) is 14.5. The number of nitrogens with one attached hydrogen (secondary N) is 1. The van der Waals surface area contributed by atoms with E-state index in [0.29, 0.717) is 0 Å². The molecular formula is C11H13F3N2O2. The third kappa shape index (κ3) is 4.01. The van der Waals surface area contributed by atoms with E-state index in [-0.39, 0.29) is 5.56 Å². The van der Waals surface area contributed by atoms with Gasteiger partial charge in [0.2, 0.25) is 5.91 Å². The summed E-state index contributed by atoms with van der Waals surface area (Å²) in [5, 5.41) is 11.2. The number of aliphatic hydroxyl groups is 1. The first-order valence-corrected chi connectivity index (χ1v) is 5.15. The van der Waals surface area contributed by atoms with Crippen LogP contribution in [0.15, 0.2) is 30.3 Å². The number of rotatable bonds is 5. The van der Waals surface area contributed by atoms with Crippen LogP contribution in [0.1, 0.15) is 11.6 Å². The molecule has 2 unspecified atom stereocenters. The second kappa shape index (κ2) is 5.83. The predicted molar refractivity (Wildman–Crippen MR) is 58.4 cm³/mol. The Labute approximate surface area is 102 Å².